The van der Waals surface area contributed by atoms with Crippen molar-refractivity contribution in [2.45, 2.75) is 193 Å². The van der Waals surface area contributed by atoms with E-state index >= 15 is 0 Å². The Kier molecular flexibility index (Phi) is 35.0. The number of ether oxygens (including phenoxy) is 2. The quantitative estimate of drug-likeness (QED) is 0.0167. The number of allylic oxidation sites excluding steroid dienone is 3. The highest BCUT2D eigenvalue weighted by Crippen LogP contribution is 2.43. The molecule has 0 spiro atoms. The van der Waals surface area contributed by atoms with E-state index in [1.807, 2.05) is 27.2 Å². The molecular formula is C42H83NO7P+. The van der Waals surface area contributed by atoms with Crippen LogP contribution < -0.4 is 0 Å². The van der Waals surface area contributed by atoms with Crippen LogP contribution in [0.15, 0.2) is 24.5 Å². The SMILES string of the molecule is CCCCCCCC/C=C\CCCCCCCC(=O)OC(CO/C=C/CCCCCCCCCCCCCC)COP(=O)(O)OCC[N+](C)(C)C. The lowest BCUT2D eigenvalue weighted by Crippen LogP contribution is -2.37. The fourth-order valence-corrected chi connectivity index (χ4v) is 6.49. The van der Waals surface area contributed by atoms with E-state index in [2.05, 4.69) is 26.0 Å². The number of hydrogen-bond acceptors (Lipinski definition) is 6. The van der Waals surface area contributed by atoms with Crippen molar-refractivity contribution in [3.8, 4) is 0 Å². The number of rotatable bonds is 39. The molecule has 0 bridgehead atoms. The Morgan fingerprint density at radius 1 is 0.608 bits per heavy atom. The molecule has 0 amide bonds. The second-order valence-corrected chi connectivity index (χ2v) is 16.9. The Morgan fingerprint density at radius 3 is 1.51 bits per heavy atom. The smallest absolute Gasteiger partial charge is 0.472 e. The summed E-state index contributed by atoms with van der Waals surface area (Å²) in [6.07, 6.45) is 40.1. The molecule has 0 aromatic carbocycles. The first-order valence-electron chi connectivity index (χ1n) is 21.1. The molecule has 0 aliphatic heterocycles. The number of likely N-dealkylation sites (N-methyl/N-ethyl adjacent to an activating group) is 1. The van der Waals surface area contributed by atoms with Crippen LogP contribution in [0.25, 0.3) is 0 Å². The lowest BCUT2D eigenvalue weighted by molar-refractivity contribution is -0.870. The van der Waals surface area contributed by atoms with Crippen LogP contribution in [0.4, 0.5) is 0 Å². The van der Waals surface area contributed by atoms with E-state index in [1.165, 1.54) is 122 Å². The molecule has 0 fully saturated rings. The molecule has 0 radical (unpaired) electrons. The van der Waals surface area contributed by atoms with Crippen LogP contribution in [0.2, 0.25) is 0 Å². The third-order valence-electron chi connectivity index (χ3n) is 9.08. The van der Waals surface area contributed by atoms with Gasteiger partial charge < -0.3 is 18.9 Å². The zero-order chi connectivity index (χ0) is 37.7. The maximum atomic E-state index is 12.6. The Bertz CT molecular complexity index is 874. The zero-order valence-corrected chi connectivity index (χ0v) is 35.0. The van der Waals surface area contributed by atoms with Crippen molar-refractivity contribution in [2.24, 2.45) is 0 Å². The molecule has 1 N–H and O–H groups in total. The minimum absolute atomic E-state index is 0.0476. The minimum atomic E-state index is -4.29. The van der Waals surface area contributed by atoms with Crippen molar-refractivity contribution >= 4 is 13.8 Å². The standard InChI is InChI=1S/C42H82NO7P/c1-6-8-10-12-14-16-18-20-22-23-25-27-29-31-33-35-42(44)50-41(40-49-51(45,46)48-38-36-43(3,4)5)39-47-37-34-32-30-28-26-24-21-19-17-15-13-11-9-7-2/h20,22,34,37,41H,6-19,21,23-33,35-36,38-40H2,1-5H3/p+1/b22-20-,37-34+. The Morgan fingerprint density at radius 2 is 1.04 bits per heavy atom. The monoisotopic (exact) mass is 745 g/mol. The van der Waals surface area contributed by atoms with Gasteiger partial charge in [0.05, 0.1) is 34.0 Å². The number of quaternary nitrogens is 1. The average Bonchev–Trinajstić information content (AvgIpc) is 3.08. The third kappa shape index (κ3) is 39.9. The Hall–Kier alpha value is -1.18. The molecule has 0 saturated heterocycles. The second kappa shape index (κ2) is 35.8. The zero-order valence-electron chi connectivity index (χ0n) is 34.1. The molecule has 51 heavy (non-hydrogen) atoms. The van der Waals surface area contributed by atoms with E-state index < -0.39 is 13.9 Å². The minimum Gasteiger partial charge on any atom is -0.498 e. The number of phosphoric ester groups is 1. The van der Waals surface area contributed by atoms with E-state index in [0.717, 1.165) is 44.9 Å². The Balaban J connectivity index is 4.32. The van der Waals surface area contributed by atoms with Crippen LogP contribution in [0.3, 0.4) is 0 Å². The first-order chi connectivity index (χ1) is 24.6. The predicted molar refractivity (Wildman–Crippen MR) is 215 cm³/mol. The van der Waals surface area contributed by atoms with Gasteiger partial charge in [0.15, 0.2) is 6.10 Å². The molecule has 0 saturated carbocycles. The summed E-state index contributed by atoms with van der Waals surface area (Å²) in [5, 5.41) is 0. The maximum Gasteiger partial charge on any atom is 0.472 e. The number of unbranched alkanes of at least 4 members (excludes halogenated alkanes) is 23. The summed E-state index contributed by atoms with van der Waals surface area (Å²) in [4.78, 5) is 22.8. The molecule has 0 aliphatic rings. The molecule has 0 heterocycles. The largest absolute Gasteiger partial charge is 0.498 e. The number of nitrogens with zero attached hydrogens (tertiary/aromatic N) is 1. The topological polar surface area (TPSA) is 91.3 Å². The molecule has 8 nitrogen and oxygen atoms in total. The first-order valence-corrected chi connectivity index (χ1v) is 22.6. The van der Waals surface area contributed by atoms with Crippen LogP contribution in [0.5, 0.6) is 0 Å². The van der Waals surface area contributed by atoms with E-state index in [9.17, 15) is 14.3 Å². The van der Waals surface area contributed by atoms with Crippen LogP contribution in [-0.2, 0) is 27.9 Å². The van der Waals surface area contributed by atoms with Crippen molar-refractivity contribution in [3.05, 3.63) is 24.5 Å². The van der Waals surface area contributed by atoms with Gasteiger partial charge in [-0.25, -0.2) is 4.57 Å². The van der Waals surface area contributed by atoms with Crippen molar-refractivity contribution in [2.75, 3.05) is 47.5 Å². The van der Waals surface area contributed by atoms with Gasteiger partial charge in [0.1, 0.15) is 19.8 Å². The van der Waals surface area contributed by atoms with E-state index in [-0.39, 0.29) is 25.8 Å². The number of carbonyl (C=O) groups excluding carboxylic acids is 1. The summed E-state index contributed by atoms with van der Waals surface area (Å²) < 4.78 is 34.7. The fraction of sp³-hybridized carbons (Fsp3) is 0.881. The van der Waals surface area contributed by atoms with Crippen LogP contribution >= 0.6 is 7.82 Å². The molecule has 0 aliphatic carbocycles. The van der Waals surface area contributed by atoms with Gasteiger partial charge in [0, 0.05) is 6.42 Å². The van der Waals surface area contributed by atoms with Crippen molar-refractivity contribution in [1.82, 2.24) is 0 Å². The van der Waals surface area contributed by atoms with Crippen molar-refractivity contribution < 1.29 is 37.3 Å². The predicted octanol–water partition coefficient (Wildman–Crippen LogP) is 12.4. The van der Waals surface area contributed by atoms with Gasteiger partial charge in [-0.15, -0.1) is 0 Å². The highest BCUT2D eigenvalue weighted by Gasteiger charge is 2.26. The van der Waals surface area contributed by atoms with E-state index in [1.54, 1.807) is 6.26 Å². The summed E-state index contributed by atoms with van der Waals surface area (Å²) in [5.41, 5.74) is 0. The second-order valence-electron chi connectivity index (χ2n) is 15.4. The molecular weight excluding hydrogens is 661 g/mol. The van der Waals surface area contributed by atoms with Crippen LogP contribution in [0, 0.1) is 0 Å². The normalized spacial score (nSPS) is 14.0. The first kappa shape index (κ1) is 49.8. The lowest BCUT2D eigenvalue weighted by atomic mass is 10.0. The molecule has 0 rings (SSSR count). The maximum absolute atomic E-state index is 12.6. The van der Waals surface area contributed by atoms with Gasteiger partial charge in [0.25, 0.3) is 0 Å². The summed E-state index contributed by atoms with van der Waals surface area (Å²) in [6, 6.07) is 0. The van der Waals surface area contributed by atoms with Gasteiger partial charge >= 0.3 is 13.8 Å². The summed E-state index contributed by atoms with van der Waals surface area (Å²) in [6.45, 7) is 4.92. The summed E-state index contributed by atoms with van der Waals surface area (Å²) in [5.74, 6) is -0.343. The molecule has 9 heteroatoms. The van der Waals surface area contributed by atoms with E-state index in [0.29, 0.717) is 17.4 Å². The van der Waals surface area contributed by atoms with Crippen molar-refractivity contribution in [1.29, 1.82) is 0 Å². The number of phosphoric acid groups is 1. The van der Waals surface area contributed by atoms with Gasteiger partial charge in [-0.1, -0.05) is 148 Å². The lowest BCUT2D eigenvalue weighted by Gasteiger charge is -2.24. The molecule has 302 valence electrons. The van der Waals surface area contributed by atoms with Gasteiger partial charge in [0.2, 0.25) is 0 Å². The highest BCUT2D eigenvalue weighted by molar-refractivity contribution is 7.47. The molecule has 2 atom stereocenters. The summed E-state index contributed by atoms with van der Waals surface area (Å²) >= 11 is 0. The number of hydrogen-bond donors (Lipinski definition) is 1. The highest BCUT2D eigenvalue weighted by atomic mass is 31.2. The third-order valence-corrected chi connectivity index (χ3v) is 10.1. The summed E-state index contributed by atoms with van der Waals surface area (Å²) in [7, 11) is 1.63. The molecule has 0 aromatic heterocycles. The van der Waals surface area contributed by atoms with Gasteiger partial charge in [-0.3, -0.25) is 13.8 Å². The van der Waals surface area contributed by atoms with Crippen LogP contribution in [-0.4, -0.2) is 69.0 Å². The van der Waals surface area contributed by atoms with Gasteiger partial charge in [-0.2, -0.15) is 0 Å². The van der Waals surface area contributed by atoms with E-state index in [4.69, 9.17) is 18.5 Å². The number of carbonyl (C=O) groups is 1. The van der Waals surface area contributed by atoms with Gasteiger partial charge in [-0.05, 0) is 51.0 Å². The van der Waals surface area contributed by atoms with Crippen LogP contribution in [0.1, 0.15) is 187 Å². The van der Waals surface area contributed by atoms with Crippen molar-refractivity contribution in [3.63, 3.8) is 0 Å². The number of esters is 1. The molecule has 2 unspecified atom stereocenters. The fourth-order valence-electron chi connectivity index (χ4n) is 5.75. The average molecular weight is 745 g/mol. The molecule has 0 aromatic rings. The Labute approximate surface area is 315 Å².